The van der Waals surface area contributed by atoms with Crippen molar-refractivity contribution in [1.29, 1.82) is 0 Å². The van der Waals surface area contributed by atoms with E-state index < -0.39 is 0 Å². The molecule has 0 radical (unpaired) electrons. The Hall–Kier alpha value is -0.120. The predicted molar refractivity (Wildman–Crippen MR) is 70.9 cm³/mol. The molecule has 1 aliphatic heterocycles. The molecule has 0 aromatic carbocycles. The molecule has 3 heteroatoms. The minimum atomic E-state index is 0.288. The molecule has 0 aromatic rings. The van der Waals surface area contributed by atoms with E-state index in [0.29, 0.717) is 6.04 Å². The number of nitrogens with one attached hydrogen (secondary N) is 1. The van der Waals surface area contributed by atoms with Crippen LogP contribution in [0.3, 0.4) is 0 Å². The highest BCUT2D eigenvalue weighted by molar-refractivity contribution is 4.80. The fraction of sp³-hybridized carbons (Fsp3) is 1.00. The van der Waals surface area contributed by atoms with Gasteiger partial charge in [-0.05, 0) is 34.2 Å². The Balaban J connectivity index is 2.23. The van der Waals surface area contributed by atoms with Gasteiger partial charge >= 0.3 is 0 Å². The van der Waals surface area contributed by atoms with Crippen LogP contribution >= 0.6 is 0 Å². The monoisotopic (exact) mass is 227 g/mol. The normalized spacial score (nSPS) is 24.9. The molecule has 1 aliphatic rings. The van der Waals surface area contributed by atoms with Crippen molar-refractivity contribution in [2.45, 2.75) is 45.7 Å². The molecule has 1 fully saturated rings. The van der Waals surface area contributed by atoms with Gasteiger partial charge in [0.15, 0.2) is 0 Å². The number of hydrogen-bond acceptors (Lipinski definition) is 3. The van der Waals surface area contributed by atoms with Crippen LogP contribution < -0.4 is 5.32 Å². The molecule has 3 nitrogen and oxygen atoms in total. The summed E-state index contributed by atoms with van der Waals surface area (Å²) < 4.78 is 0. The highest BCUT2D eigenvalue weighted by atomic mass is 15.3. The van der Waals surface area contributed by atoms with E-state index in [9.17, 15) is 0 Å². The van der Waals surface area contributed by atoms with Crippen molar-refractivity contribution < 1.29 is 0 Å². The third kappa shape index (κ3) is 4.40. The van der Waals surface area contributed by atoms with Crippen molar-refractivity contribution in [3.05, 3.63) is 0 Å². The fourth-order valence-electron chi connectivity index (χ4n) is 2.17. The highest BCUT2D eigenvalue weighted by Crippen LogP contribution is 2.09. The summed E-state index contributed by atoms with van der Waals surface area (Å²) in [5, 5.41) is 3.63. The van der Waals surface area contributed by atoms with E-state index in [1.54, 1.807) is 0 Å². The average Bonchev–Trinajstić information content (AvgIpc) is 2.21. The zero-order chi connectivity index (χ0) is 12.2. The van der Waals surface area contributed by atoms with Gasteiger partial charge < -0.3 is 10.2 Å². The number of nitrogens with zero attached hydrogens (tertiary/aromatic N) is 2. The molecule has 1 heterocycles. The van der Waals surface area contributed by atoms with Gasteiger partial charge in [-0.1, -0.05) is 6.92 Å². The Kier molecular flexibility index (Phi) is 5.22. The summed E-state index contributed by atoms with van der Waals surface area (Å²) >= 11 is 0. The second-order valence-electron chi connectivity index (χ2n) is 5.81. The third-order valence-electron chi connectivity index (χ3n) is 3.85. The van der Waals surface area contributed by atoms with E-state index in [-0.39, 0.29) is 5.54 Å². The van der Waals surface area contributed by atoms with Gasteiger partial charge in [0.05, 0.1) is 0 Å². The molecule has 0 bridgehead atoms. The maximum absolute atomic E-state index is 3.63. The molecule has 1 unspecified atom stereocenters. The summed E-state index contributed by atoms with van der Waals surface area (Å²) in [6.07, 6.45) is 1.19. The fourth-order valence-corrected chi connectivity index (χ4v) is 2.17. The molecule has 0 spiro atoms. The number of likely N-dealkylation sites (N-methyl/N-ethyl adjacent to an activating group) is 1. The van der Waals surface area contributed by atoms with Crippen LogP contribution in [0.15, 0.2) is 0 Å². The van der Waals surface area contributed by atoms with Gasteiger partial charge in [0.2, 0.25) is 0 Å². The zero-order valence-corrected chi connectivity index (χ0v) is 11.7. The van der Waals surface area contributed by atoms with E-state index in [1.807, 2.05) is 0 Å². The molecule has 1 N–H and O–H groups in total. The maximum atomic E-state index is 3.63. The first kappa shape index (κ1) is 13.9. The second-order valence-corrected chi connectivity index (χ2v) is 5.81. The molecule has 1 saturated heterocycles. The van der Waals surface area contributed by atoms with Crippen LogP contribution in [0.4, 0.5) is 0 Å². The first-order valence-corrected chi connectivity index (χ1v) is 6.62. The van der Waals surface area contributed by atoms with Gasteiger partial charge in [0, 0.05) is 44.3 Å². The zero-order valence-electron chi connectivity index (χ0n) is 11.7. The Labute approximate surface area is 101 Å². The van der Waals surface area contributed by atoms with E-state index in [2.05, 4.69) is 49.9 Å². The van der Waals surface area contributed by atoms with Crippen LogP contribution in [0, 0.1) is 0 Å². The van der Waals surface area contributed by atoms with Crippen molar-refractivity contribution in [1.82, 2.24) is 15.1 Å². The summed E-state index contributed by atoms with van der Waals surface area (Å²) in [7, 11) is 2.21. The topological polar surface area (TPSA) is 18.5 Å². The molecule has 1 atom stereocenters. The molecule has 0 saturated carbocycles. The minimum Gasteiger partial charge on any atom is -0.311 e. The second kappa shape index (κ2) is 5.99. The number of hydrogen-bond donors (Lipinski definition) is 1. The van der Waals surface area contributed by atoms with Crippen LogP contribution in [0.2, 0.25) is 0 Å². The van der Waals surface area contributed by atoms with E-state index in [0.717, 1.165) is 6.54 Å². The lowest BCUT2D eigenvalue weighted by Crippen LogP contribution is -2.53. The van der Waals surface area contributed by atoms with Crippen molar-refractivity contribution in [2.75, 3.05) is 39.8 Å². The summed E-state index contributed by atoms with van der Waals surface area (Å²) in [6.45, 7) is 15.0. The smallest absolute Gasteiger partial charge is 0.0195 e. The minimum absolute atomic E-state index is 0.288. The van der Waals surface area contributed by atoms with Crippen molar-refractivity contribution >= 4 is 0 Å². The largest absolute Gasteiger partial charge is 0.311 e. The lowest BCUT2D eigenvalue weighted by Gasteiger charge is -2.38. The van der Waals surface area contributed by atoms with Crippen LogP contribution in [-0.2, 0) is 0 Å². The van der Waals surface area contributed by atoms with Crippen molar-refractivity contribution in [3.63, 3.8) is 0 Å². The van der Waals surface area contributed by atoms with Crippen molar-refractivity contribution in [2.24, 2.45) is 0 Å². The van der Waals surface area contributed by atoms with Crippen LogP contribution in [0.25, 0.3) is 0 Å². The Morgan fingerprint density at radius 1 is 1.31 bits per heavy atom. The summed E-state index contributed by atoms with van der Waals surface area (Å²) in [6, 6.07) is 0.699. The Bertz CT molecular complexity index is 203. The summed E-state index contributed by atoms with van der Waals surface area (Å²) in [4.78, 5) is 5.02. The molecule has 16 heavy (non-hydrogen) atoms. The molecule has 0 amide bonds. The van der Waals surface area contributed by atoms with E-state index >= 15 is 0 Å². The SMILES string of the molecule is CCC(C)(C)NCCN1CCN(C)CC1C. The average molecular weight is 227 g/mol. The first-order valence-electron chi connectivity index (χ1n) is 6.62. The van der Waals surface area contributed by atoms with Crippen molar-refractivity contribution in [3.8, 4) is 0 Å². The van der Waals surface area contributed by atoms with Crippen LogP contribution in [0.5, 0.6) is 0 Å². The van der Waals surface area contributed by atoms with Gasteiger partial charge in [-0.25, -0.2) is 0 Å². The lowest BCUT2D eigenvalue weighted by molar-refractivity contribution is 0.0987. The molecular formula is C13H29N3. The molecule has 0 aliphatic carbocycles. The van der Waals surface area contributed by atoms with Gasteiger partial charge in [-0.3, -0.25) is 4.90 Å². The van der Waals surface area contributed by atoms with Gasteiger partial charge in [-0.2, -0.15) is 0 Å². The summed E-state index contributed by atoms with van der Waals surface area (Å²) in [5.41, 5.74) is 0.288. The van der Waals surface area contributed by atoms with E-state index in [1.165, 1.54) is 32.6 Å². The summed E-state index contributed by atoms with van der Waals surface area (Å²) in [5.74, 6) is 0. The first-order chi connectivity index (χ1) is 7.44. The van der Waals surface area contributed by atoms with Gasteiger partial charge in [0.1, 0.15) is 0 Å². The Morgan fingerprint density at radius 2 is 2.00 bits per heavy atom. The molecule has 96 valence electrons. The molecule has 0 aromatic heterocycles. The van der Waals surface area contributed by atoms with Crippen LogP contribution in [0.1, 0.15) is 34.1 Å². The predicted octanol–water partition coefficient (Wildman–Crippen LogP) is 1.40. The van der Waals surface area contributed by atoms with Crippen LogP contribution in [-0.4, -0.2) is 61.2 Å². The number of rotatable bonds is 5. The highest BCUT2D eigenvalue weighted by Gasteiger charge is 2.21. The van der Waals surface area contributed by atoms with E-state index in [4.69, 9.17) is 0 Å². The standard InChI is InChI=1S/C13H29N3/c1-6-13(3,4)14-7-8-16-10-9-15(5)11-12(16)2/h12,14H,6-11H2,1-5H3. The van der Waals surface area contributed by atoms with Gasteiger partial charge in [-0.15, -0.1) is 0 Å². The maximum Gasteiger partial charge on any atom is 0.0195 e. The number of piperazine rings is 1. The quantitative estimate of drug-likeness (QED) is 0.766. The Morgan fingerprint density at radius 3 is 2.56 bits per heavy atom. The molecular weight excluding hydrogens is 198 g/mol. The van der Waals surface area contributed by atoms with Gasteiger partial charge in [0.25, 0.3) is 0 Å². The molecule has 1 rings (SSSR count). The third-order valence-corrected chi connectivity index (χ3v) is 3.85. The lowest BCUT2D eigenvalue weighted by atomic mass is 10.0.